The summed E-state index contributed by atoms with van der Waals surface area (Å²) in [4.78, 5) is 11.5. The molecule has 0 spiro atoms. The third-order valence-electron chi connectivity index (χ3n) is 5.58. The van der Waals surface area contributed by atoms with Crippen LogP contribution in [0.25, 0.3) is 0 Å². The Kier molecular flexibility index (Phi) is 3.35. The molecule has 5 unspecified atom stereocenters. The molecule has 1 aliphatic heterocycles. The maximum Gasteiger partial charge on any atom is 0.306 e. The Bertz CT molecular complexity index is 322. The smallest absolute Gasteiger partial charge is 0.306 e. The Balaban J connectivity index is 1.69. The van der Waals surface area contributed by atoms with E-state index in [1.807, 2.05) is 0 Å². The van der Waals surface area contributed by atoms with E-state index in [9.17, 15) is 9.90 Å². The van der Waals surface area contributed by atoms with Gasteiger partial charge in [-0.3, -0.25) is 4.79 Å². The summed E-state index contributed by atoms with van der Waals surface area (Å²) in [6.45, 7) is 2.29. The van der Waals surface area contributed by atoms with Gasteiger partial charge in [-0.15, -0.1) is 0 Å². The Morgan fingerprint density at radius 2 is 1.83 bits per heavy atom. The van der Waals surface area contributed by atoms with E-state index >= 15 is 0 Å². The summed E-state index contributed by atoms with van der Waals surface area (Å²) in [7, 11) is 0. The van der Waals surface area contributed by atoms with Gasteiger partial charge < -0.3 is 9.84 Å². The van der Waals surface area contributed by atoms with Crippen LogP contribution >= 0.6 is 0 Å². The molecule has 1 N–H and O–H groups in total. The second-order valence-electron chi connectivity index (χ2n) is 6.55. The molecule has 3 rings (SSSR count). The zero-order valence-electron chi connectivity index (χ0n) is 11.2. The quantitative estimate of drug-likeness (QED) is 0.785. The summed E-state index contributed by atoms with van der Waals surface area (Å²) in [5, 5.41) is 9.44. The summed E-state index contributed by atoms with van der Waals surface area (Å²) in [6.07, 6.45) is 9.03. The number of fused-ring (bicyclic) bond motifs is 1. The highest BCUT2D eigenvalue weighted by Gasteiger charge is 2.52. The molecule has 102 valence electrons. The van der Waals surface area contributed by atoms with Crippen molar-refractivity contribution >= 4 is 5.97 Å². The van der Waals surface area contributed by atoms with Crippen LogP contribution in [0.3, 0.4) is 0 Å². The Hall–Kier alpha value is -0.570. The van der Waals surface area contributed by atoms with Crippen molar-refractivity contribution < 1.29 is 14.6 Å². The van der Waals surface area contributed by atoms with Crippen LogP contribution in [-0.2, 0) is 9.53 Å². The van der Waals surface area contributed by atoms with Crippen molar-refractivity contribution in [2.45, 2.75) is 64.1 Å². The number of carboxylic acid groups (broad SMARTS) is 1. The number of aliphatic carboxylic acids is 1. The lowest BCUT2D eigenvalue weighted by Crippen LogP contribution is -2.37. The van der Waals surface area contributed by atoms with Gasteiger partial charge >= 0.3 is 5.97 Å². The summed E-state index contributed by atoms with van der Waals surface area (Å²) < 4.78 is 5.56. The van der Waals surface area contributed by atoms with Gasteiger partial charge in [0.1, 0.15) is 0 Å². The minimum Gasteiger partial charge on any atom is -0.481 e. The maximum atomic E-state index is 11.5. The molecule has 0 radical (unpaired) electrons. The molecule has 2 aliphatic carbocycles. The minimum absolute atomic E-state index is 0.161. The van der Waals surface area contributed by atoms with Gasteiger partial charge in [0.2, 0.25) is 0 Å². The van der Waals surface area contributed by atoms with Crippen LogP contribution in [0.5, 0.6) is 0 Å². The molecule has 3 fully saturated rings. The minimum atomic E-state index is -0.600. The Morgan fingerprint density at radius 3 is 2.50 bits per heavy atom. The van der Waals surface area contributed by atoms with Crippen LogP contribution in [-0.4, -0.2) is 23.3 Å². The van der Waals surface area contributed by atoms with Crippen molar-refractivity contribution in [2.24, 2.45) is 23.7 Å². The molecule has 3 nitrogen and oxygen atoms in total. The van der Waals surface area contributed by atoms with Crippen molar-refractivity contribution in [3.63, 3.8) is 0 Å². The van der Waals surface area contributed by atoms with Crippen LogP contribution in [0.2, 0.25) is 0 Å². The van der Waals surface area contributed by atoms with Crippen LogP contribution in [0.4, 0.5) is 0 Å². The number of hydrogen-bond donors (Lipinski definition) is 1. The monoisotopic (exact) mass is 252 g/mol. The summed E-state index contributed by atoms with van der Waals surface area (Å²) in [5.74, 6) is 0.883. The number of epoxide rings is 1. The summed E-state index contributed by atoms with van der Waals surface area (Å²) >= 11 is 0. The van der Waals surface area contributed by atoms with Crippen LogP contribution in [0.15, 0.2) is 0 Å². The molecular formula is C15H24O3. The highest BCUT2D eigenvalue weighted by Crippen LogP contribution is 2.48. The number of carboxylic acids is 1. The van der Waals surface area contributed by atoms with Crippen LogP contribution in [0.1, 0.15) is 51.9 Å². The molecule has 2 saturated carbocycles. The standard InChI is InChI=1S/C15H24O3/c1-9(10-5-3-2-4-6-10)11-7-13-14(18-13)8-12(11)15(16)17/h9-14H,2-8H2,1H3,(H,16,17). The molecule has 1 saturated heterocycles. The fraction of sp³-hybridized carbons (Fsp3) is 0.933. The predicted octanol–water partition coefficient (Wildman–Crippen LogP) is 3.08. The number of ether oxygens (including phenoxy) is 1. The summed E-state index contributed by atoms with van der Waals surface area (Å²) in [5.41, 5.74) is 0. The molecular weight excluding hydrogens is 228 g/mol. The number of rotatable bonds is 3. The molecule has 18 heavy (non-hydrogen) atoms. The lowest BCUT2D eigenvalue weighted by atomic mass is 9.66. The van der Waals surface area contributed by atoms with E-state index in [0.717, 1.165) is 18.8 Å². The second-order valence-corrected chi connectivity index (χ2v) is 6.55. The number of hydrogen-bond acceptors (Lipinski definition) is 2. The first-order valence-electron chi connectivity index (χ1n) is 7.55. The first-order valence-corrected chi connectivity index (χ1v) is 7.55. The third-order valence-corrected chi connectivity index (χ3v) is 5.58. The first-order chi connectivity index (χ1) is 8.66. The summed E-state index contributed by atoms with van der Waals surface area (Å²) in [6, 6.07) is 0. The molecule has 0 amide bonds. The topological polar surface area (TPSA) is 49.8 Å². The van der Waals surface area contributed by atoms with Crippen molar-refractivity contribution in [3.8, 4) is 0 Å². The van der Waals surface area contributed by atoms with Gasteiger partial charge in [-0.1, -0.05) is 39.0 Å². The zero-order valence-corrected chi connectivity index (χ0v) is 11.2. The van der Waals surface area contributed by atoms with E-state index in [1.165, 1.54) is 32.1 Å². The Morgan fingerprint density at radius 1 is 1.17 bits per heavy atom. The van der Waals surface area contributed by atoms with Crippen LogP contribution in [0, 0.1) is 23.7 Å². The highest BCUT2D eigenvalue weighted by molar-refractivity contribution is 5.70. The first kappa shape index (κ1) is 12.5. The molecule has 5 atom stereocenters. The zero-order chi connectivity index (χ0) is 12.7. The fourth-order valence-electron chi connectivity index (χ4n) is 4.33. The Labute approximate surface area is 109 Å². The number of carbonyl (C=O) groups is 1. The van der Waals surface area contributed by atoms with Crippen molar-refractivity contribution in [3.05, 3.63) is 0 Å². The van der Waals surface area contributed by atoms with Gasteiger partial charge in [-0.25, -0.2) is 0 Å². The average molecular weight is 252 g/mol. The normalized spacial score (nSPS) is 42.1. The van der Waals surface area contributed by atoms with Crippen molar-refractivity contribution in [1.82, 2.24) is 0 Å². The second kappa shape index (κ2) is 4.84. The van der Waals surface area contributed by atoms with Gasteiger partial charge in [-0.05, 0) is 30.6 Å². The van der Waals surface area contributed by atoms with Gasteiger partial charge in [-0.2, -0.15) is 0 Å². The van der Waals surface area contributed by atoms with E-state index in [2.05, 4.69) is 6.92 Å². The lowest BCUT2D eigenvalue weighted by Gasteiger charge is -2.37. The molecule has 3 aliphatic rings. The maximum absolute atomic E-state index is 11.5. The average Bonchev–Trinajstić information content (AvgIpc) is 3.15. The van der Waals surface area contributed by atoms with Gasteiger partial charge in [0.05, 0.1) is 18.1 Å². The lowest BCUT2D eigenvalue weighted by molar-refractivity contribution is -0.146. The van der Waals surface area contributed by atoms with E-state index in [1.54, 1.807) is 0 Å². The van der Waals surface area contributed by atoms with Crippen molar-refractivity contribution in [1.29, 1.82) is 0 Å². The molecule has 0 bridgehead atoms. The van der Waals surface area contributed by atoms with E-state index < -0.39 is 5.97 Å². The van der Waals surface area contributed by atoms with Crippen molar-refractivity contribution in [2.75, 3.05) is 0 Å². The molecule has 1 heterocycles. The largest absolute Gasteiger partial charge is 0.481 e. The van der Waals surface area contributed by atoms with E-state index in [0.29, 0.717) is 17.9 Å². The van der Waals surface area contributed by atoms with Gasteiger partial charge in [0.25, 0.3) is 0 Å². The fourth-order valence-corrected chi connectivity index (χ4v) is 4.33. The van der Waals surface area contributed by atoms with Gasteiger partial charge in [0, 0.05) is 0 Å². The molecule has 0 aromatic carbocycles. The highest BCUT2D eigenvalue weighted by atomic mass is 16.6. The molecule has 0 aromatic rings. The molecule has 3 heteroatoms. The predicted molar refractivity (Wildman–Crippen MR) is 68.2 cm³/mol. The third kappa shape index (κ3) is 2.29. The van der Waals surface area contributed by atoms with Crippen LogP contribution < -0.4 is 0 Å². The SMILES string of the molecule is CC(C1CCCCC1)C1CC2OC2CC1C(=O)O. The van der Waals surface area contributed by atoms with E-state index in [4.69, 9.17) is 4.74 Å². The molecule has 0 aromatic heterocycles. The van der Waals surface area contributed by atoms with Gasteiger partial charge in [0.15, 0.2) is 0 Å². The van der Waals surface area contributed by atoms with E-state index in [-0.39, 0.29) is 12.0 Å².